The number of nitrogens with zero attached hydrogens (tertiary/aromatic N) is 2. The third-order valence-electron chi connectivity index (χ3n) is 6.44. The molecule has 0 radical (unpaired) electrons. The lowest BCUT2D eigenvalue weighted by molar-refractivity contribution is 0.0965. The van der Waals surface area contributed by atoms with Gasteiger partial charge in [-0.25, -0.2) is 26.4 Å². The summed E-state index contributed by atoms with van der Waals surface area (Å²) in [4.78, 5) is 12.9. The van der Waals surface area contributed by atoms with Crippen molar-refractivity contribution < 1.29 is 36.5 Å². The Balaban J connectivity index is 1.54. The van der Waals surface area contributed by atoms with Gasteiger partial charge in [-0.15, -0.1) is 0 Å². The second kappa shape index (κ2) is 11.3. The molecule has 14 heteroatoms. The van der Waals surface area contributed by atoms with Gasteiger partial charge in [0, 0.05) is 36.4 Å². The summed E-state index contributed by atoms with van der Waals surface area (Å²) in [5.41, 5.74) is 2.67. The van der Waals surface area contributed by atoms with Gasteiger partial charge in [-0.1, -0.05) is 12.1 Å². The van der Waals surface area contributed by atoms with Crippen LogP contribution in [0.25, 0.3) is 27.9 Å². The first-order valence-corrected chi connectivity index (χ1v) is 13.9. The number of nitrogens with one attached hydrogen (secondary N) is 2. The van der Waals surface area contributed by atoms with Crippen molar-refractivity contribution in [2.75, 3.05) is 7.05 Å². The summed E-state index contributed by atoms with van der Waals surface area (Å²) in [5, 5.41) is 25.5. The highest BCUT2D eigenvalue weighted by Crippen LogP contribution is 2.32. The molecule has 0 aliphatic heterocycles. The molecule has 0 aliphatic carbocycles. The number of pyridine rings is 1. The highest BCUT2D eigenvalue weighted by Gasteiger charge is 2.24. The molecule has 0 saturated heterocycles. The Labute approximate surface area is 233 Å². The zero-order valence-electron chi connectivity index (χ0n) is 21.5. The van der Waals surface area contributed by atoms with Crippen LogP contribution in [0.5, 0.6) is 0 Å². The van der Waals surface area contributed by atoms with E-state index in [1.807, 2.05) is 0 Å². The van der Waals surface area contributed by atoms with Gasteiger partial charge in [-0.3, -0.25) is 4.79 Å². The van der Waals surface area contributed by atoms with Gasteiger partial charge in [0.25, 0.3) is 5.91 Å². The standard InChI is InChI=1S/C27H23BF2N4O6S/c1-31-27(35)25-24-11-21(18-8-9-40-14-18)19(13-34(24)33-26(25)17-3-5-20(29)6-4-17)15-41(38,39)32-12-16-2-7-22(28(36)37)23(30)10-16/h2-11,13-14,32,36-37H,12,15H2,1H3,(H,31,35). The molecule has 0 fully saturated rings. The summed E-state index contributed by atoms with van der Waals surface area (Å²) in [5.74, 6) is -2.27. The Morgan fingerprint density at radius 3 is 2.46 bits per heavy atom. The Morgan fingerprint density at radius 1 is 1.07 bits per heavy atom. The predicted molar refractivity (Wildman–Crippen MR) is 147 cm³/mol. The maximum atomic E-state index is 14.1. The normalized spacial score (nSPS) is 11.6. The third-order valence-corrected chi connectivity index (χ3v) is 7.72. The molecular weight excluding hydrogens is 557 g/mol. The molecule has 1 amide bonds. The lowest BCUT2D eigenvalue weighted by Crippen LogP contribution is -2.33. The van der Waals surface area contributed by atoms with Crippen molar-refractivity contribution in [3.05, 3.63) is 102 Å². The Morgan fingerprint density at radius 2 is 1.83 bits per heavy atom. The maximum Gasteiger partial charge on any atom is 0.491 e. The van der Waals surface area contributed by atoms with E-state index >= 15 is 0 Å². The van der Waals surface area contributed by atoms with E-state index < -0.39 is 40.4 Å². The van der Waals surface area contributed by atoms with E-state index in [1.165, 1.54) is 60.6 Å². The number of benzene rings is 2. The Kier molecular flexibility index (Phi) is 7.73. The molecule has 3 heterocycles. The highest BCUT2D eigenvalue weighted by atomic mass is 32.2. The predicted octanol–water partition coefficient (Wildman–Crippen LogP) is 2.20. The minimum atomic E-state index is -4.00. The smallest absolute Gasteiger partial charge is 0.472 e. The molecule has 0 spiro atoms. The molecule has 0 bridgehead atoms. The highest BCUT2D eigenvalue weighted by molar-refractivity contribution is 7.88. The molecule has 10 nitrogen and oxygen atoms in total. The minimum absolute atomic E-state index is 0.217. The van der Waals surface area contributed by atoms with Crippen LogP contribution in [-0.2, 0) is 22.3 Å². The van der Waals surface area contributed by atoms with Crippen molar-refractivity contribution in [2.24, 2.45) is 0 Å². The monoisotopic (exact) mass is 580 g/mol. The number of halogens is 2. The van der Waals surface area contributed by atoms with Crippen LogP contribution in [-0.4, -0.2) is 48.2 Å². The number of aromatic nitrogens is 2. The molecule has 3 aromatic heterocycles. The molecule has 5 rings (SSSR count). The van der Waals surface area contributed by atoms with Gasteiger partial charge in [-0.2, -0.15) is 5.10 Å². The molecule has 0 aliphatic rings. The van der Waals surface area contributed by atoms with Crippen molar-refractivity contribution >= 4 is 34.0 Å². The summed E-state index contributed by atoms with van der Waals surface area (Å²) < 4.78 is 63.0. The van der Waals surface area contributed by atoms with Crippen LogP contribution in [0.3, 0.4) is 0 Å². The number of amides is 1. The molecule has 210 valence electrons. The van der Waals surface area contributed by atoms with E-state index in [0.29, 0.717) is 27.8 Å². The van der Waals surface area contributed by atoms with Gasteiger partial charge in [-0.05, 0) is 59.2 Å². The molecule has 4 N–H and O–H groups in total. The summed E-state index contributed by atoms with van der Waals surface area (Å²) >= 11 is 0. The first-order chi connectivity index (χ1) is 19.6. The lowest BCUT2D eigenvalue weighted by Gasteiger charge is -2.12. The van der Waals surface area contributed by atoms with Gasteiger partial charge in [0.15, 0.2) is 0 Å². The lowest BCUT2D eigenvalue weighted by atomic mass is 9.79. The molecule has 41 heavy (non-hydrogen) atoms. The van der Waals surface area contributed by atoms with Gasteiger partial charge >= 0.3 is 7.12 Å². The number of sulfonamides is 1. The van der Waals surface area contributed by atoms with E-state index in [4.69, 9.17) is 4.42 Å². The van der Waals surface area contributed by atoms with Crippen molar-refractivity contribution in [1.82, 2.24) is 19.7 Å². The number of furan rings is 1. The van der Waals surface area contributed by atoms with Crippen LogP contribution in [0.15, 0.2) is 77.7 Å². The van der Waals surface area contributed by atoms with Crippen LogP contribution in [0, 0.1) is 11.6 Å². The fraction of sp³-hybridized carbons (Fsp3) is 0.111. The molecule has 0 unspecified atom stereocenters. The zero-order chi connectivity index (χ0) is 29.3. The van der Waals surface area contributed by atoms with Crippen LogP contribution in [0.4, 0.5) is 8.78 Å². The first kappa shape index (κ1) is 28.2. The van der Waals surface area contributed by atoms with Crippen LogP contribution in [0.1, 0.15) is 21.5 Å². The van der Waals surface area contributed by atoms with Crippen LogP contribution < -0.4 is 15.5 Å². The number of rotatable bonds is 9. The number of hydrogen-bond donors (Lipinski definition) is 4. The van der Waals surface area contributed by atoms with Crippen molar-refractivity contribution in [2.45, 2.75) is 12.3 Å². The molecule has 0 atom stereocenters. The first-order valence-electron chi connectivity index (χ1n) is 12.2. The fourth-order valence-electron chi connectivity index (χ4n) is 4.43. The van der Waals surface area contributed by atoms with Crippen molar-refractivity contribution in [3.63, 3.8) is 0 Å². The summed E-state index contributed by atoms with van der Waals surface area (Å²) in [6.45, 7) is -0.248. The second-order valence-corrected chi connectivity index (χ2v) is 11.0. The van der Waals surface area contributed by atoms with E-state index in [2.05, 4.69) is 15.1 Å². The van der Waals surface area contributed by atoms with Crippen molar-refractivity contribution in [3.8, 4) is 22.4 Å². The summed E-state index contributed by atoms with van der Waals surface area (Å²) in [6, 6.07) is 12.3. The van der Waals surface area contributed by atoms with Gasteiger partial charge in [0.1, 0.15) is 17.3 Å². The van der Waals surface area contributed by atoms with E-state index in [1.54, 1.807) is 12.1 Å². The second-order valence-electron chi connectivity index (χ2n) is 9.17. The minimum Gasteiger partial charge on any atom is -0.472 e. The van der Waals surface area contributed by atoms with Gasteiger partial charge < -0.3 is 19.8 Å². The molecule has 2 aromatic carbocycles. The van der Waals surface area contributed by atoms with Crippen molar-refractivity contribution in [1.29, 1.82) is 0 Å². The molecular formula is C27H23BF2N4O6S. The van der Waals surface area contributed by atoms with Crippen LogP contribution in [0.2, 0.25) is 0 Å². The van der Waals surface area contributed by atoms with Crippen LogP contribution >= 0.6 is 0 Å². The van der Waals surface area contributed by atoms with E-state index in [9.17, 15) is 32.0 Å². The van der Waals surface area contributed by atoms with Gasteiger partial charge in [0.2, 0.25) is 10.0 Å². The largest absolute Gasteiger partial charge is 0.491 e. The topological polar surface area (TPSA) is 146 Å². The number of carbonyl (C=O) groups excluding carboxylic acids is 1. The SMILES string of the molecule is CNC(=O)c1c(-c2ccc(F)cc2)nn2cc(CS(=O)(=O)NCc3ccc(B(O)O)c(F)c3)c(-c3ccoc3)cc12. The fourth-order valence-corrected chi connectivity index (χ4v) is 5.56. The zero-order valence-corrected chi connectivity index (χ0v) is 22.3. The number of hydrogen-bond acceptors (Lipinski definition) is 7. The number of fused-ring (bicyclic) bond motifs is 1. The maximum absolute atomic E-state index is 14.1. The average Bonchev–Trinajstić information content (AvgIpc) is 3.59. The summed E-state index contributed by atoms with van der Waals surface area (Å²) in [6.07, 6.45) is 4.36. The Bertz CT molecular complexity index is 1840. The Hall–Kier alpha value is -4.37. The summed E-state index contributed by atoms with van der Waals surface area (Å²) in [7, 11) is -4.53. The third kappa shape index (κ3) is 5.90. The quantitative estimate of drug-likeness (QED) is 0.196. The molecule has 5 aromatic rings. The van der Waals surface area contributed by atoms with E-state index in [0.717, 1.165) is 12.1 Å². The molecule has 0 saturated carbocycles. The van der Waals surface area contributed by atoms with Gasteiger partial charge in [0.05, 0.1) is 29.4 Å². The average molecular weight is 580 g/mol. The van der Waals surface area contributed by atoms with E-state index in [-0.39, 0.29) is 28.8 Å². The number of carbonyl (C=O) groups is 1.